The van der Waals surface area contributed by atoms with Crippen LogP contribution in [0.25, 0.3) is 0 Å². The smallest absolute Gasteiger partial charge is 0.231 e. The van der Waals surface area contributed by atoms with Gasteiger partial charge in [-0.05, 0) is 55.8 Å². The molecular weight excluding hydrogens is 252 g/mol. The van der Waals surface area contributed by atoms with E-state index in [1.165, 1.54) is 25.5 Å². The molecule has 0 radical (unpaired) electrons. The van der Waals surface area contributed by atoms with E-state index < -0.39 is 0 Å². The van der Waals surface area contributed by atoms with Crippen LogP contribution in [0.3, 0.4) is 0 Å². The molecule has 5 rings (SSSR count). The number of nitrogen functional groups attached to an aromatic ring is 1. The molecule has 0 aliphatic heterocycles. The second-order valence-electron chi connectivity index (χ2n) is 7.71. The first-order chi connectivity index (χ1) is 9.48. The third kappa shape index (κ3) is 1.68. The van der Waals surface area contributed by atoms with E-state index in [9.17, 15) is 4.79 Å². The summed E-state index contributed by atoms with van der Waals surface area (Å²) in [4.78, 5) is 12.8. The number of hydrogen-bond acceptors (Lipinski definition) is 3. The van der Waals surface area contributed by atoms with Crippen LogP contribution in [-0.4, -0.2) is 16.1 Å². The fourth-order valence-electron chi connectivity index (χ4n) is 5.63. The number of nitrogens with one attached hydrogen (secondary N) is 2. The third-order valence-electron chi connectivity index (χ3n) is 5.74. The summed E-state index contributed by atoms with van der Waals surface area (Å²) < 4.78 is 0. The summed E-state index contributed by atoms with van der Waals surface area (Å²) in [5, 5.41) is 9.62. The van der Waals surface area contributed by atoms with Gasteiger partial charge in [-0.1, -0.05) is 6.92 Å². The van der Waals surface area contributed by atoms with E-state index in [2.05, 4.69) is 22.4 Å². The number of rotatable bonds is 2. The molecule has 4 saturated carbocycles. The number of nitrogens with zero attached hydrogens (tertiary/aromatic N) is 1. The molecule has 1 heterocycles. The van der Waals surface area contributed by atoms with Crippen LogP contribution in [0.1, 0.15) is 45.4 Å². The Labute approximate surface area is 118 Å². The van der Waals surface area contributed by atoms with Crippen molar-refractivity contribution in [1.82, 2.24) is 10.2 Å². The number of aromatic amines is 1. The Kier molecular flexibility index (Phi) is 2.31. The largest absolute Gasteiger partial charge is 0.394 e. The van der Waals surface area contributed by atoms with Crippen LogP contribution in [0.5, 0.6) is 0 Å². The molecule has 0 aromatic carbocycles. The molecule has 20 heavy (non-hydrogen) atoms. The Morgan fingerprint density at radius 2 is 2.10 bits per heavy atom. The molecule has 4 fully saturated rings. The van der Waals surface area contributed by atoms with E-state index in [4.69, 9.17) is 5.73 Å². The van der Waals surface area contributed by atoms with Gasteiger partial charge in [0, 0.05) is 0 Å². The summed E-state index contributed by atoms with van der Waals surface area (Å²) in [7, 11) is 0. The van der Waals surface area contributed by atoms with E-state index in [0.29, 0.717) is 16.9 Å². The SMILES string of the molecule is CC12CC3CC(C1)CC(C(=O)Nc1[nH]ncc1N)(C3)C2. The summed E-state index contributed by atoms with van der Waals surface area (Å²) in [5.74, 6) is 2.18. The van der Waals surface area contributed by atoms with Gasteiger partial charge in [-0.2, -0.15) is 5.10 Å². The minimum atomic E-state index is -0.170. The normalized spacial score (nSPS) is 41.9. The fraction of sp³-hybridized carbons (Fsp3) is 0.733. The number of hydrogen-bond donors (Lipinski definition) is 3. The summed E-state index contributed by atoms with van der Waals surface area (Å²) in [6.45, 7) is 2.37. The van der Waals surface area contributed by atoms with Gasteiger partial charge in [0.15, 0.2) is 5.82 Å². The number of carbonyl (C=O) groups is 1. The van der Waals surface area contributed by atoms with Crippen LogP contribution in [0.15, 0.2) is 6.20 Å². The van der Waals surface area contributed by atoms with Crippen molar-refractivity contribution in [2.24, 2.45) is 22.7 Å². The van der Waals surface area contributed by atoms with Crippen LogP contribution >= 0.6 is 0 Å². The van der Waals surface area contributed by atoms with E-state index in [1.807, 2.05) is 0 Å². The molecule has 5 heteroatoms. The highest BCUT2D eigenvalue weighted by Gasteiger charge is 2.58. The van der Waals surface area contributed by atoms with Crippen molar-refractivity contribution < 1.29 is 4.79 Å². The summed E-state index contributed by atoms with van der Waals surface area (Å²) in [6, 6.07) is 0. The van der Waals surface area contributed by atoms with Crippen molar-refractivity contribution in [1.29, 1.82) is 0 Å². The Hall–Kier alpha value is -1.52. The first kappa shape index (κ1) is 12.2. The Morgan fingerprint density at radius 3 is 2.65 bits per heavy atom. The van der Waals surface area contributed by atoms with Crippen LogP contribution in [-0.2, 0) is 4.79 Å². The van der Waals surface area contributed by atoms with Gasteiger partial charge >= 0.3 is 0 Å². The molecule has 4 aliphatic rings. The van der Waals surface area contributed by atoms with Gasteiger partial charge in [0.1, 0.15) is 0 Å². The molecule has 4 aliphatic carbocycles. The lowest BCUT2D eigenvalue weighted by atomic mass is 9.44. The van der Waals surface area contributed by atoms with Crippen LogP contribution in [0, 0.1) is 22.7 Å². The zero-order valence-corrected chi connectivity index (χ0v) is 11.9. The zero-order valence-electron chi connectivity index (χ0n) is 11.9. The van der Waals surface area contributed by atoms with E-state index in [1.54, 1.807) is 0 Å². The highest BCUT2D eigenvalue weighted by atomic mass is 16.2. The van der Waals surface area contributed by atoms with Crippen molar-refractivity contribution in [3.8, 4) is 0 Å². The zero-order chi connectivity index (χ0) is 14.0. The summed E-state index contributed by atoms with van der Waals surface area (Å²) in [6.07, 6.45) is 8.63. The van der Waals surface area contributed by atoms with E-state index >= 15 is 0 Å². The molecule has 1 aromatic heterocycles. The monoisotopic (exact) mass is 274 g/mol. The topological polar surface area (TPSA) is 83.8 Å². The Balaban J connectivity index is 1.61. The Morgan fingerprint density at radius 1 is 1.40 bits per heavy atom. The molecule has 1 aromatic rings. The van der Waals surface area contributed by atoms with Crippen LogP contribution in [0.4, 0.5) is 11.5 Å². The number of amides is 1. The molecule has 108 valence electrons. The van der Waals surface area contributed by atoms with Crippen molar-refractivity contribution in [3.05, 3.63) is 6.20 Å². The van der Waals surface area contributed by atoms with Gasteiger partial charge in [-0.3, -0.25) is 9.89 Å². The highest BCUT2D eigenvalue weighted by Crippen LogP contribution is 2.65. The number of H-pyrrole nitrogens is 1. The predicted molar refractivity (Wildman–Crippen MR) is 76.9 cm³/mol. The lowest BCUT2D eigenvalue weighted by Crippen LogP contribution is -2.55. The highest BCUT2D eigenvalue weighted by molar-refractivity contribution is 5.96. The minimum absolute atomic E-state index is 0.147. The quantitative estimate of drug-likeness (QED) is 0.775. The molecule has 0 spiro atoms. The van der Waals surface area contributed by atoms with E-state index in [0.717, 1.165) is 31.1 Å². The molecule has 2 unspecified atom stereocenters. The number of aromatic nitrogens is 2. The number of carbonyl (C=O) groups excluding carboxylic acids is 1. The Bertz CT molecular complexity index is 550. The lowest BCUT2D eigenvalue weighted by Gasteiger charge is -2.60. The number of anilines is 2. The van der Waals surface area contributed by atoms with Crippen molar-refractivity contribution in [3.63, 3.8) is 0 Å². The van der Waals surface area contributed by atoms with Gasteiger partial charge in [0.25, 0.3) is 0 Å². The van der Waals surface area contributed by atoms with E-state index in [-0.39, 0.29) is 11.3 Å². The standard InChI is InChI=1S/C15H22N4O/c1-14-3-9-2-10(4-14)6-15(5-9,8-14)13(20)18-12-11(16)7-17-19-12/h7,9-10H,2-6,8,16H2,1H3,(H2,17,18,19,20). The van der Waals surface area contributed by atoms with Crippen molar-refractivity contribution in [2.75, 3.05) is 11.1 Å². The molecule has 2 atom stereocenters. The lowest BCUT2D eigenvalue weighted by molar-refractivity contribution is -0.149. The van der Waals surface area contributed by atoms with Gasteiger partial charge in [-0.25, -0.2) is 0 Å². The summed E-state index contributed by atoms with van der Waals surface area (Å²) in [5.41, 5.74) is 6.51. The average Bonchev–Trinajstić information content (AvgIpc) is 2.71. The average molecular weight is 274 g/mol. The second-order valence-corrected chi connectivity index (χ2v) is 7.71. The maximum Gasteiger partial charge on any atom is 0.231 e. The maximum absolute atomic E-state index is 12.8. The molecule has 4 bridgehead atoms. The molecule has 0 saturated heterocycles. The minimum Gasteiger partial charge on any atom is -0.394 e. The fourth-order valence-corrected chi connectivity index (χ4v) is 5.63. The van der Waals surface area contributed by atoms with Gasteiger partial charge in [0.2, 0.25) is 5.91 Å². The first-order valence-corrected chi connectivity index (χ1v) is 7.58. The summed E-state index contributed by atoms with van der Waals surface area (Å²) >= 11 is 0. The third-order valence-corrected chi connectivity index (χ3v) is 5.74. The maximum atomic E-state index is 12.8. The predicted octanol–water partition coefficient (Wildman–Crippen LogP) is 2.54. The molecular formula is C15H22N4O. The van der Waals surface area contributed by atoms with Crippen LogP contribution < -0.4 is 11.1 Å². The second kappa shape index (κ2) is 3.77. The van der Waals surface area contributed by atoms with Gasteiger partial charge in [-0.15, -0.1) is 0 Å². The van der Waals surface area contributed by atoms with Gasteiger partial charge in [0.05, 0.1) is 17.3 Å². The molecule has 5 nitrogen and oxygen atoms in total. The first-order valence-electron chi connectivity index (χ1n) is 7.58. The molecule has 1 amide bonds. The number of nitrogens with two attached hydrogens (primary N) is 1. The van der Waals surface area contributed by atoms with Gasteiger partial charge < -0.3 is 11.1 Å². The molecule has 4 N–H and O–H groups in total. The van der Waals surface area contributed by atoms with Crippen molar-refractivity contribution >= 4 is 17.4 Å². The van der Waals surface area contributed by atoms with Crippen LogP contribution in [0.2, 0.25) is 0 Å². The van der Waals surface area contributed by atoms with Crippen molar-refractivity contribution in [2.45, 2.75) is 45.4 Å².